The SMILES string of the molecule is CC(C)(C)c1ccc2ncc(NC(=O)C(N)CCC(=O)N(CCN)CCN)cc2c1. The van der Waals surface area contributed by atoms with Gasteiger partial charge in [0, 0.05) is 38.0 Å². The van der Waals surface area contributed by atoms with E-state index in [1.54, 1.807) is 11.1 Å². The number of nitrogens with one attached hydrogen (secondary N) is 1. The quantitative estimate of drug-likeness (QED) is 0.488. The Labute approximate surface area is 178 Å². The molecule has 1 unspecified atom stereocenters. The molecule has 0 fully saturated rings. The van der Waals surface area contributed by atoms with Crippen LogP contribution in [0.25, 0.3) is 10.9 Å². The Morgan fingerprint density at radius 2 is 1.80 bits per heavy atom. The van der Waals surface area contributed by atoms with E-state index >= 15 is 0 Å². The first kappa shape index (κ1) is 23.7. The van der Waals surface area contributed by atoms with Crippen LogP contribution in [0.4, 0.5) is 5.69 Å². The summed E-state index contributed by atoms with van der Waals surface area (Å²) in [6.07, 6.45) is 2.02. The van der Waals surface area contributed by atoms with Crippen LogP contribution in [-0.4, -0.2) is 53.9 Å². The highest BCUT2D eigenvalue weighted by Crippen LogP contribution is 2.26. The molecular formula is C22H34N6O2. The minimum absolute atomic E-state index is 0.0179. The Hall–Kier alpha value is -2.55. The van der Waals surface area contributed by atoms with Crippen molar-refractivity contribution in [2.75, 3.05) is 31.5 Å². The highest BCUT2D eigenvalue weighted by molar-refractivity contribution is 5.96. The molecule has 7 N–H and O–H groups in total. The van der Waals surface area contributed by atoms with E-state index in [1.807, 2.05) is 12.1 Å². The molecule has 0 radical (unpaired) electrons. The third-order valence-electron chi connectivity index (χ3n) is 4.97. The van der Waals surface area contributed by atoms with Crippen LogP contribution in [0.5, 0.6) is 0 Å². The lowest BCUT2D eigenvalue weighted by Crippen LogP contribution is -2.41. The van der Waals surface area contributed by atoms with E-state index in [2.05, 4.69) is 43.2 Å². The largest absolute Gasteiger partial charge is 0.340 e. The van der Waals surface area contributed by atoms with Crippen molar-refractivity contribution in [2.24, 2.45) is 17.2 Å². The number of nitrogens with two attached hydrogens (primary N) is 3. The molecule has 1 atom stereocenters. The molecule has 0 aliphatic carbocycles. The normalized spacial score (nSPS) is 12.6. The van der Waals surface area contributed by atoms with Gasteiger partial charge in [-0.2, -0.15) is 0 Å². The number of amides is 2. The number of carbonyl (C=O) groups excluding carboxylic acids is 2. The van der Waals surface area contributed by atoms with Crippen molar-refractivity contribution in [3.63, 3.8) is 0 Å². The maximum Gasteiger partial charge on any atom is 0.241 e. The molecule has 1 heterocycles. The molecule has 8 nitrogen and oxygen atoms in total. The minimum atomic E-state index is -0.803. The van der Waals surface area contributed by atoms with Crippen LogP contribution in [0, 0.1) is 0 Å². The lowest BCUT2D eigenvalue weighted by Gasteiger charge is -2.22. The molecule has 30 heavy (non-hydrogen) atoms. The Balaban J connectivity index is 2.00. The third kappa shape index (κ3) is 6.48. The minimum Gasteiger partial charge on any atom is -0.340 e. The van der Waals surface area contributed by atoms with Gasteiger partial charge < -0.3 is 27.4 Å². The summed E-state index contributed by atoms with van der Waals surface area (Å²) in [5.74, 6) is -0.448. The van der Waals surface area contributed by atoms with Crippen LogP contribution in [0.15, 0.2) is 30.5 Å². The summed E-state index contributed by atoms with van der Waals surface area (Å²) >= 11 is 0. The van der Waals surface area contributed by atoms with Gasteiger partial charge in [-0.15, -0.1) is 0 Å². The molecule has 0 aliphatic heterocycles. The van der Waals surface area contributed by atoms with E-state index in [9.17, 15) is 9.59 Å². The standard InChI is InChI=1S/C22H34N6O2/c1-22(2,3)16-4-6-19-15(12-16)13-17(14-26-19)27-21(30)18(25)5-7-20(29)28(10-8-23)11-9-24/h4,6,12-14,18H,5,7-11,23-25H2,1-3H3,(H,27,30). The van der Waals surface area contributed by atoms with Crippen LogP contribution in [0.3, 0.4) is 0 Å². The highest BCUT2D eigenvalue weighted by atomic mass is 16.2. The fourth-order valence-corrected chi connectivity index (χ4v) is 3.14. The topological polar surface area (TPSA) is 140 Å². The molecule has 0 aliphatic rings. The van der Waals surface area contributed by atoms with Gasteiger partial charge in [-0.3, -0.25) is 14.6 Å². The van der Waals surface area contributed by atoms with Crippen molar-refractivity contribution in [3.05, 3.63) is 36.0 Å². The van der Waals surface area contributed by atoms with Crippen molar-refractivity contribution in [2.45, 2.75) is 45.1 Å². The van der Waals surface area contributed by atoms with Crippen LogP contribution in [0.2, 0.25) is 0 Å². The van der Waals surface area contributed by atoms with Gasteiger partial charge in [0.1, 0.15) is 0 Å². The molecule has 2 amide bonds. The summed E-state index contributed by atoms with van der Waals surface area (Å²) in [5.41, 5.74) is 19.7. The second-order valence-electron chi connectivity index (χ2n) is 8.47. The predicted octanol–water partition coefficient (Wildman–Crippen LogP) is 1.32. The second kappa shape index (κ2) is 10.5. The fourth-order valence-electron chi connectivity index (χ4n) is 3.14. The zero-order chi connectivity index (χ0) is 22.3. The second-order valence-corrected chi connectivity index (χ2v) is 8.47. The Morgan fingerprint density at radius 1 is 1.13 bits per heavy atom. The molecule has 1 aromatic carbocycles. The Kier molecular flexibility index (Phi) is 8.28. The average Bonchev–Trinajstić information content (AvgIpc) is 2.70. The zero-order valence-electron chi connectivity index (χ0n) is 18.1. The summed E-state index contributed by atoms with van der Waals surface area (Å²) in [4.78, 5) is 30.8. The van der Waals surface area contributed by atoms with Crippen LogP contribution < -0.4 is 22.5 Å². The van der Waals surface area contributed by atoms with Crippen molar-refractivity contribution < 1.29 is 9.59 Å². The number of hydrogen-bond acceptors (Lipinski definition) is 6. The van der Waals surface area contributed by atoms with Gasteiger partial charge in [0.2, 0.25) is 11.8 Å². The number of pyridine rings is 1. The van der Waals surface area contributed by atoms with Crippen molar-refractivity contribution in [3.8, 4) is 0 Å². The predicted molar refractivity (Wildman–Crippen MR) is 121 cm³/mol. The lowest BCUT2D eigenvalue weighted by atomic mass is 9.86. The number of benzene rings is 1. The maximum absolute atomic E-state index is 12.5. The third-order valence-corrected chi connectivity index (χ3v) is 4.97. The first-order chi connectivity index (χ1) is 14.2. The van der Waals surface area contributed by atoms with Gasteiger partial charge in [0.25, 0.3) is 0 Å². The van der Waals surface area contributed by atoms with E-state index in [4.69, 9.17) is 17.2 Å². The van der Waals surface area contributed by atoms with Gasteiger partial charge in [0.15, 0.2) is 0 Å². The van der Waals surface area contributed by atoms with Gasteiger partial charge in [-0.1, -0.05) is 26.8 Å². The van der Waals surface area contributed by atoms with E-state index in [1.165, 1.54) is 5.56 Å². The Bertz CT molecular complexity index is 872. The summed E-state index contributed by atoms with van der Waals surface area (Å²) in [7, 11) is 0. The number of nitrogens with zero attached hydrogens (tertiary/aromatic N) is 2. The smallest absolute Gasteiger partial charge is 0.241 e. The van der Waals surface area contributed by atoms with Crippen LogP contribution in [0.1, 0.15) is 39.2 Å². The monoisotopic (exact) mass is 414 g/mol. The lowest BCUT2D eigenvalue weighted by molar-refractivity contribution is -0.131. The van der Waals surface area contributed by atoms with E-state index in [-0.39, 0.29) is 30.1 Å². The number of anilines is 1. The summed E-state index contributed by atoms with van der Waals surface area (Å²) in [5, 5.41) is 3.75. The molecule has 0 spiro atoms. The summed E-state index contributed by atoms with van der Waals surface area (Å²) < 4.78 is 0. The molecule has 1 aromatic heterocycles. The summed E-state index contributed by atoms with van der Waals surface area (Å²) in [6, 6.07) is 7.22. The van der Waals surface area contributed by atoms with E-state index in [0.717, 1.165) is 10.9 Å². The van der Waals surface area contributed by atoms with Gasteiger partial charge in [-0.25, -0.2) is 0 Å². The number of carbonyl (C=O) groups is 2. The highest BCUT2D eigenvalue weighted by Gasteiger charge is 2.19. The van der Waals surface area contributed by atoms with Crippen LogP contribution in [-0.2, 0) is 15.0 Å². The number of aromatic nitrogens is 1. The molecule has 0 saturated carbocycles. The van der Waals surface area contributed by atoms with E-state index in [0.29, 0.717) is 31.9 Å². The van der Waals surface area contributed by atoms with Crippen LogP contribution >= 0.6 is 0 Å². The fraction of sp³-hybridized carbons (Fsp3) is 0.500. The molecular weight excluding hydrogens is 380 g/mol. The summed E-state index contributed by atoms with van der Waals surface area (Å²) in [6.45, 7) is 8.06. The number of fused-ring (bicyclic) bond motifs is 1. The van der Waals surface area contributed by atoms with Gasteiger partial charge in [-0.05, 0) is 35.6 Å². The first-order valence-corrected chi connectivity index (χ1v) is 10.3. The average molecular weight is 415 g/mol. The molecule has 2 aromatic rings. The maximum atomic E-state index is 12.5. The van der Waals surface area contributed by atoms with Crippen molar-refractivity contribution in [1.29, 1.82) is 0 Å². The van der Waals surface area contributed by atoms with Crippen molar-refractivity contribution in [1.82, 2.24) is 9.88 Å². The molecule has 2 rings (SSSR count). The number of hydrogen-bond donors (Lipinski definition) is 4. The number of rotatable bonds is 9. The Morgan fingerprint density at radius 3 is 2.40 bits per heavy atom. The molecule has 0 bridgehead atoms. The molecule has 164 valence electrons. The first-order valence-electron chi connectivity index (χ1n) is 10.3. The molecule has 0 saturated heterocycles. The zero-order valence-corrected chi connectivity index (χ0v) is 18.1. The molecule has 8 heteroatoms. The van der Waals surface area contributed by atoms with Gasteiger partial charge >= 0.3 is 0 Å². The van der Waals surface area contributed by atoms with Crippen molar-refractivity contribution >= 4 is 28.4 Å². The van der Waals surface area contributed by atoms with Gasteiger partial charge in [0.05, 0.1) is 23.4 Å². The van der Waals surface area contributed by atoms with E-state index < -0.39 is 6.04 Å².